The van der Waals surface area contributed by atoms with Crippen LogP contribution in [0.15, 0.2) is 83.0 Å². The summed E-state index contributed by atoms with van der Waals surface area (Å²) in [6, 6.07) is 16.6. The summed E-state index contributed by atoms with van der Waals surface area (Å²) >= 11 is 1.11. The Morgan fingerprint density at radius 1 is 0.763 bits per heavy atom. The van der Waals surface area contributed by atoms with Crippen LogP contribution in [0.4, 0.5) is 27.6 Å². The molecule has 0 amide bonds. The zero-order valence-electron chi connectivity index (χ0n) is 19.0. The molecule has 1 aliphatic heterocycles. The maximum atomic E-state index is 15.6. The van der Waals surface area contributed by atoms with Gasteiger partial charge in [0, 0.05) is 22.9 Å². The SMILES string of the molecule is [C-]#[N+]c1c(F)c2cc(c1F)-c1ccccc1-c1cn(nc1C(F)(F)F)-c1cccc(n1)Sc1cccc-2n1. The fourth-order valence-corrected chi connectivity index (χ4v) is 5.06. The molecule has 11 heteroatoms. The molecule has 0 saturated carbocycles. The molecule has 0 aliphatic carbocycles. The smallest absolute Gasteiger partial charge is 0.241 e. The van der Waals surface area contributed by atoms with Crippen LogP contribution in [0.5, 0.6) is 0 Å². The Morgan fingerprint density at radius 2 is 1.42 bits per heavy atom. The van der Waals surface area contributed by atoms with Gasteiger partial charge in [0.25, 0.3) is 5.69 Å². The summed E-state index contributed by atoms with van der Waals surface area (Å²) in [6.45, 7) is 7.41. The summed E-state index contributed by atoms with van der Waals surface area (Å²) in [5.41, 5.74) is -2.64. The molecule has 5 nitrogen and oxygen atoms in total. The van der Waals surface area contributed by atoms with E-state index in [2.05, 4.69) is 19.9 Å². The van der Waals surface area contributed by atoms with Crippen molar-refractivity contribution in [2.24, 2.45) is 0 Å². The highest BCUT2D eigenvalue weighted by molar-refractivity contribution is 7.99. The number of fused-ring (bicyclic) bond motifs is 13. The first kappa shape index (κ1) is 23.8. The van der Waals surface area contributed by atoms with E-state index in [1.807, 2.05) is 0 Å². The van der Waals surface area contributed by atoms with E-state index in [0.29, 0.717) is 10.1 Å². The first-order chi connectivity index (χ1) is 18.2. The quantitative estimate of drug-likeness (QED) is 0.147. The van der Waals surface area contributed by atoms with Gasteiger partial charge >= 0.3 is 6.18 Å². The maximum absolute atomic E-state index is 15.6. The Labute approximate surface area is 216 Å². The summed E-state index contributed by atoms with van der Waals surface area (Å²) < 4.78 is 74.6. The highest BCUT2D eigenvalue weighted by Gasteiger charge is 2.38. The average Bonchev–Trinajstić information content (AvgIpc) is 3.36. The zero-order valence-corrected chi connectivity index (χ0v) is 19.8. The Morgan fingerprint density at radius 3 is 2.13 bits per heavy atom. The second-order valence-corrected chi connectivity index (χ2v) is 9.28. The average molecular weight is 533 g/mol. The van der Waals surface area contributed by atoms with E-state index in [1.165, 1.54) is 48.7 Å². The van der Waals surface area contributed by atoms with E-state index >= 15 is 8.78 Å². The minimum atomic E-state index is -4.85. The summed E-state index contributed by atoms with van der Waals surface area (Å²) in [5, 5.41) is 4.62. The monoisotopic (exact) mass is 533 g/mol. The normalized spacial score (nSPS) is 12.2. The Balaban J connectivity index is 1.76. The first-order valence-corrected chi connectivity index (χ1v) is 11.8. The van der Waals surface area contributed by atoms with Gasteiger partial charge in [-0.15, -0.1) is 0 Å². The topological polar surface area (TPSA) is 48.0 Å². The molecule has 0 spiro atoms. The number of hydrogen-bond acceptors (Lipinski definition) is 4. The molecular weight excluding hydrogens is 521 g/mol. The molecule has 4 heterocycles. The van der Waals surface area contributed by atoms with Gasteiger partial charge in [-0.2, -0.15) is 18.3 Å². The summed E-state index contributed by atoms with van der Waals surface area (Å²) in [7, 11) is 0. The van der Waals surface area contributed by atoms with Crippen LogP contribution in [0.2, 0.25) is 0 Å². The van der Waals surface area contributed by atoms with Crippen molar-refractivity contribution in [1.82, 2.24) is 19.7 Å². The standard InChI is InChI=1S/C27H12F5N5S/c1-33-25-23(28)16-12-17(24(25)29)19-8-4-10-21(34-19)38-22-11-5-9-20(35-22)37-13-18(26(36-37)27(30,31)32)15-7-3-2-6-14(15)16/h2-13H. The van der Waals surface area contributed by atoms with Crippen molar-refractivity contribution in [3.05, 3.63) is 102 Å². The fourth-order valence-electron chi connectivity index (χ4n) is 4.27. The van der Waals surface area contributed by atoms with Crippen LogP contribution >= 0.6 is 11.8 Å². The molecule has 0 saturated heterocycles. The van der Waals surface area contributed by atoms with Gasteiger partial charge in [-0.3, -0.25) is 0 Å². The molecule has 38 heavy (non-hydrogen) atoms. The summed E-state index contributed by atoms with van der Waals surface area (Å²) in [5.74, 6) is -2.16. The van der Waals surface area contributed by atoms with Crippen molar-refractivity contribution in [2.75, 3.05) is 0 Å². The minimum absolute atomic E-state index is 0.000533. The molecular formula is C27H12F5N5S. The molecule has 2 aromatic carbocycles. The van der Waals surface area contributed by atoms with Crippen LogP contribution in [-0.2, 0) is 6.18 Å². The van der Waals surface area contributed by atoms with Crippen LogP contribution in [0, 0.1) is 18.2 Å². The molecule has 0 fully saturated rings. The lowest BCUT2D eigenvalue weighted by atomic mass is 9.92. The molecule has 0 radical (unpaired) electrons. The molecule has 0 unspecified atom stereocenters. The van der Waals surface area contributed by atoms with Gasteiger partial charge in [0.2, 0.25) is 0 Å². The maximum Gasteiger partial charge on any atom is 0.435 e. The van der Waals surface area contributed by atoms with Crippen molar-refractivity contribution in [3.8, 4) is 39.3 Å². The van der Waals surface area contributed by atoms with Crippen molar-refractivity contribution in [3.63, 3.8) is 0 Å². The summed E-state index contributed by atoms with van der Waals surface area (Å²) in [4.78, 5) is 12.0. The second-order valence-electron chi connectivity index (χ2n) is 8.24. The van der Waals surface area contributed by atoms with Gasteiger partial charge in [0.1, 0.15) is 21.7 Å². The number of benzene rings is 2. The highest BCUT2D eigenvalue weighted by atomic mass is 32.2. The molecule has 8 bridgehead atoms. The van der Waals surface area contributed by atoms with E-state index < -0.39 is 29.2 Å². The third kappa shape index (κ3) is 3.90. The molecule has 6 rings (SSSR count). The predicted octanol–water partition coefficient (Wildman–Crippen LogP) is 7.98. The van der Waals surface area contributed by atoms with Crippen molar-refractivity contribution in [2.45, 2.75) is 16.2 Å². The molecule has 0 atom stereocenters. The largest absolute Gasteiger partial charge is 0.435 e. The Hall–Kier alpha value is -4.56. The minimum Gasteiger partial charge on any atom is -0.241 e. The van der Waals surface area contributed by atoms with Crippen molar-refractivity contribution >= 4 is 17.4 Å². The van der Waals surface area contributed by atoms with Crippen LogP contribution in [0.3, 0.4) is 0 Å². The second kappa shape index (κ2) is 8.78. The lowest BCUT2D eigenvalue weighted by Crippen LogP contribution is -2.09. The molecule has 3 aromatic heterocycles. The number of alkyl halides is 3. The number of pyridine rings is 2. The third-order valence-corrected chi connectivity index (χ3v) is 6.80. The van der Waals surface area contributed by atoms with Gasteiger partial charge in [0.05, 0.1) is 12.3 Å². The van der Waals surface area contributed by atoms with E-state index in [-0.39, 0.29) is 39.3 Å². The molecule has 1 aliphatic rings. The van der Waals surface area contributed by atoms with Gasteiger partial charge < -0.3 is 0 Å². The van der Waals surface area contributed by atoms with E-state index in [9.17, 15) is 13.2 Å². The Kier molecular flexibility index (Phi) is 5.50. The predicted molar refractivity (Wildman–Crippen MR) is 131 cm³/mol. The Bertz CT molecular complexity index is 1790. The molecule has 5 aromatic rings. The fraction of sp³-hybridized carbons (Fsp3) is 0.0370. The number of nitrogens with zero attached hydrogens (tertiary/aromatic N) is 5. The van der Waals surface area contributed by atoms with Crippen LogP contribution in [0.25, 0.3) is 44.2 Å². The van der Waals surface area contributed by atoms with Crippen molar-refractivity contribution in [1.29, 1.82) is 0 Å². The van der Waals surface area contributed by atoms with E-state index in [4.69, 9.17) is 6.57 Å². The van der Waals surface area contributed by atoms with Gasteiger partial charge in [-0.25, -0.2) is 28.3 Å². The summed E-state index contributed by atoms with van der Waals surface area (Å²) in [6.07, 6.45) is -3.67. The lowest BCUT2D eigenvalue weighted by molar-refractivity contribution is -0.140. The van der Waals surface area contributed by atoms with Crippen LogP contribution < -0.4 is 0 Å². The molecule has 186 valence electrons. The van der Waals surface area contributed by atoms with Gasteiger partial charge in [0.15, 0.2) is 11.5 Å². The molecule has 0 N–H and O–H groups in total. The highest BCUT2D eigenvalue weighted by Crippen LogP contribution is 2.44. The van der Waals surface area contributed by atoms with Crippen molar-refractivity contribution < 1.29 is 22.0 Å². The number of halogens is 5. The van der Waals surface area contributed by atoms with E-state index in [1.54, 1.807) is 24.3 Å². The third-order valence-electron chi connectivity index (χ3n) is 5.93. The van der Waals surface area contributed by atoms with Crippen LogP contribution in [0.1, 0.15) is 5.69 Å². The zero-order chi connectivity index (χ0) is 26.6. The lowest BCUT2D eigenvalue weighted by Gasteiger charge is -2.15. The number of rotatable bonds is 0. The number of hydrogen-bond donors (Lipinski definition) is 0. The van der Waals surface area contributed by atoms with Crippen LogP contribution in [-0.4, -0.2) is 19.7 Å². The van der Waals surface area contributed by atoms with E-state index in [0.717, 1.165) is 16.4 Å². The van der Waals surface area contributed by atoms with Gasteiger partial charge in [-0.1, -0.05) is 48.2 Å². The number of aromatic nitrogens is 4. The van der Waals surface area contributed by atoms with Gasteiger partial charge in [-0.05, 0) is 41.5 Å². The first-order valence-electron chi connectivity index (χ1n) is 11.0.